The number of anilines is 1. The minimum absolute atomic E-state index is 0.351. The van der Waals surface area contributed by atoms with Crippen LogP contribution in [0.5, 0.6) is 0 Å². The Morgan fingerprint density at radius 2 is 1.82 bits per heavy atom. The van der Waals surface area contributed by atoms with Crippen LogP contribution in [-0.4, -0.2) is 23.2 Å². The van der Waals surface area contributed by atoms with Gasteiger partial charge in [-0.25, -0.2) is 9.18 Å². The Labute approximate surface area is 201 Å². The van der Waals surface area contributed by atoms with Crippen molar-refractivity contribution in [3.63, 3.8) is 0 Å². The van der Waals surface area contributed by atoms with E-state index in [0.29, 0.717) is 27.9 Å². The van der Waals surface area contributed by atoms with Crippen molar-refractivity contribution in [1.29, 1.82) is 0 Å². The molecule has 0 amide bonds. The smallest absolute Gasteiger partial charge is 0.337 e. The molecule has 0 bridgehead atoms. The normalized spacial score (nSPS) is 17.5. The summed E-state index contributed by atoms with van der Waals surface area (Å²) in [5.41, 5.74) is 2.35. The number of carbonyl (C=O) groups is 1. The molecule has 1 saturated heterocycles. The van der Waals surface area contributed by atoms with E-state index in [0.717, 1.165) is 11.3 Å². The number of esters is 1. The highest BCUT2D eigenvalue weighted by Gasteiger charge is 2.43. The number of nitrogens with zero attached hydrogens (tertiary/aromatic N) is 2. The topological polar surface area (TPSA) is 67.6 Å². The minimum Gasteiger partial charge on any atom is -0.465 e. The van der Waals surface area contributed by atoms with Gasteiger partial charge in [-0.05, 0) is 60.7 Å². The first-order chi connectivity index (χ1) is 16.6. The largest absolute Gasteiger partial charge is 0.465 e. The van der Waals surface area contributed by atoms with Crippen molar-refractivity contribution in [2.75, 3.05) is 12.0 Å². The lowest BCUT2D eigenvalue weighted by Gasteiger charge is -2.26. The Balaban J connectivity index is 1.56. The Hall–Kier alpha value is -4.04. The van der Waals surface area contributed by atoms with Crippen LogP contribution in [0.1, 0.15) is 33.9 Å². The van der Waals surface area contributed by atoms with Gasteiger partial charge in [-0.3, -0.25) is 4.98 Å². The molecular weight excluding hydrogens is 453 g/mol. The molecule has 4 aromatic rings. The fourth-order valence-corrected chi connectivity index (χ4v) is 4.44. The molecule has 1 aliphatic rings. The molecule has 0 spiro atoms. The summed E-state index contributed by atoms with van der Waals surface area (Å²) in [6, 6.07) is 21.9. The average Bonchev–Trinajstić information content (AvgIpc) is 3.49. The fraction of sp³-hybridized carbons (Fsp3) is 0.115. The Morgan fingerprint density at radius 1 is 1.06 bits per heavy atom. The molecule has 3 heterocycles. The maximum atomic E-state index is 14.8. The van der Waals surface area contributed by atoms with Gasteiger partial charge < -0.3 is 19.4 Å². The Bertz CT molecular complexity index is 1340. The molecule has 0 aliphatic carbocycles. The van der Waals surface area contributed by atoms with Crippen molar-refractivity contribution in [3.05, 3.63) is 108 Å². The molecule has 0 saturated carbocycles. The number of carbonyl (C=O) groups excluding carboxylic acids is 1. The summed E-state index contributed by atoms with van der Waals surface area (Å²) in [7, 11) is 1.34. The molecule has 1 fully saturated rings. The average molecular weight is 474 g/mol. The molecule has 8 heteroatoms. The number of hydrogen-bond acceptors (Lipinski definition) is 5. The number of rotatable bonds is 5. The summed E-state index contributed by atoms with van der Waals surface area (Å²) in [6.45, 7) is 0. The van der Waals surface area contributed by atoms with E-state index in [1.54, 1.807) is 53.6 Å². The van der Waals surface area contributed by atoms with Gasteiger partial charge in [0.1, 0.15) is 23.4 Å². The van der Waals surface area contributed by atoms with E-state index in [-0.39, 0.29) is 11.9 Å². The molecular formula is C26H20FN3O3S. The highest BCUT2D eigenvalue weighted by Crippen LogP contribution is 2.43. The number of aromatic nitrogens is 1. The Morgan fingerprint density at radius 3 is 2.53 bits per heavy atom. The quantitative estimate of drug-likeness (QED) is 0.306. The van der Waals surface area contributed by atoms with Crippen LogP contribution in [0.3, 0.4) is 0 Å². The lowest BCUT2D eigenvalue weighted by molar-refractivity contribution is 0.0600. The number of halogens is 1. The van der Waals surface area contributed by atoms with Gasteiger partial charge in [0.25, 0.3) is 0 Å². The van der Waals surface area contributed by atoms with E-state index in [1.165, 1.54) is 13.2 Å². The third-order valence-corrected chi connectivity index (χ3v) is 6.03. The molecule has 2 aromatic carbocycles. The van der Waals surface area contributed by atoms with Gasteiger partial charge >= 0.3 is 5.97 Å². The molecule has 2 aromatic heterocycles. The van der Waals surface area contributed by atoms with Crippen molar-refractivity contribution in [3.8, 4) is 11.3 Å². The first-order valence-electron chi connectivity index (χ1n) is 10.6. The third kappa shape index (κ3) is 3.92. The zero-order chi connectivity index (χ0) is 23.7. The van der Waals surface area contributed by atoms with Crippen LogP contribution in [0.15, 0.2) is 89.5 Å². The predicted octanol–water partition coefficient (Wildman–Crippen LogP) is 5.44. The summed E-state index contributed by atoms with van der Waals surface area (Å²) >= 11 is 5.62. The maximum absolute atomic E-state index is 14.8. The minimum atomic E-state index is -0.470. The molecule has 2 atom stereocenters. The zero-order valence-corrected chi connectivity index (χ0v) is 19.0. The van der Waals surface area contributed by atoms with Gasteiger partial charge in [0.2, 0.25) is 0 Å². The second-order valence-electron chi connectivity index (χ2n) is 7.72. The summed E-state index contributed by atoms with van der Waals surface area (Å²) < 4.78 is 25.8. The predicted molar refractivity (Wildman–Crippen MR) is 130 cm³/mol. The molecule has 6 nitrogen and oxygen atoms in total. The Kier molecular flexibility index (Phi) is 5.81. The van der Waals surface area contributed by atoms with E-state index in [2.05, 4.69) is 10.3 Å². The van der Waals surface area contributed by atoms with Gasteiger partial charge in [0.15, 0.2) is 5.11 Å². The van der Waals surface area contributed by atoms with Crippen molar-refractivity contribution in [2.24, 2.45) is 0 Å². The highest BCUT2D eigenvalue weighted by molar-refractivity contribution is 7.80. The van der Waals surface area contributed by atoms with Crippen molar-refractivity contribution in [2.45, 2.75) is 12.1 Å². The number of para-hydroxylation sites is 1. The van der Waals surface area contributed by atoms with Crippen LogP contribution in [0.25, 0.3) is 11.3 Å². The van der Waals surface area contributed by atoms with Crippen LogP contribution in [-0.2, 0) is 4.74 Å². The number of hydrogen-bond donors (Lipinski definition) is 1. The molecule has 1 N–H and O–H groups in total. The second-order valence-corrected chi connectivity index (χ2v) is 8.11. The second kappa shape index (κ2) is 9.07. The number of methoxy groups -OCH3 is 1. The van der Waals surface area contributed by atoms with E-state index in [1.807, 2.05) is 30.3 Å². The van der Waals surface area contributed by atoms with Gasteiger partial charge in [-0.1, -0.05) is 30.3 Å². The number of benzene rings is 2. The highest BCUT2D eigenvalue weighted by atomic mass is 32.1. The van der Waals surface area contributed by atoms with Crippen LogP contribution >= 0.6 is 12.2 Å². The number of nitrogens with one attached hydrogen (secondary N) is 1. The summed E-state index contributed by atoms with van der Waals surface area (Å²) in [4.78, 5) is 18.0. The van der Waals surface area contributed by atoms with E-state index in [9.17, 15) is 9.18 Å². The SMILES string of the molecule is COC(=O)c1ccc(-c2ccc([C@H]3[C@@H](c4ccccn4)NC(=S)N3c3ccccc3F)o2)cc1. The van der Waals surface area contributed by atoms with E-state index >= 15 is 0 Å². The molecule has 34 heavy (non-hydrogen) atoms. The third-order valence-electron chi connectivity index (χ3n) is 5.72. The summed E-state index contributed by atoms with van der Waals surface area (Å²) in [5, 5.41) is 3.67. The van der Waals surface area contributed by atoms with Gasteiger partial charge in [0.05, 0.1) is 30.1 Å². The van der Waals surface area contributed by atoms with Gasteiger partial charge in [-0.15, -0.1) is 0 Å². The fourth-order valence-electron chi connectivity index (χ4n) is 4.11. The number of thiocarbonyl (C=S) groups is 1. The monoisotopic (exact) mass is 473 g/mol. The summed E-state index contributed by atoms with van der Waals surface area (Å²) in [6.07, 6.45) is 1.71. The first-order valence-corrected chi connectivity index (χ1v) is 11.0. The lowest BCUT2D eigenvalue weighted by Crippen LogP contribution is -2.30. The van der Waals surface area contributed by atoms with Crippen molar-refractivity contribution < 1.29 is 18.3 Å². The molecule has 5 rings (SSSR count). The van der Waals surface area contributed by atoms with Crippen molar-refractivity contribution in [1.82, 2.24) is 10.3 Å². The molecule has 170 valence electrons. The summed E-state index contributed by atoms with van der Waals surface area (Å²) in [5.74, 6) is 0.412. The lowest BCUT2D eigenvalue weighted by atomic mass is 10.0. The van der Waals surface area contributed by atoms with E-state index < -0.39 is 12.0 Å². The standard InChI is InChI=1S/C26H20FN3O3S/c1-32-25(31)17-11-9-16(10-12-17)21-13-14-22(33-21)24-23(19-7-4-5-15-28-19)29-26(34)30(24)20-8-3-2-6-18(20)27/h2-15,23-24H,1H3,(H,29,34)/t23-,24+/m1/s1. The number of ether oxygens (including phenoxy) is 1. The van der Waals surface area contributed by atoms with E-state index in [4.69, 9.17) is 21.4 Å². The van der Waals surface area contributed by atoms with Crippen LogP contribution < -0.4 is 10.2 Å². The molecule has 1 aliphatic heterocycles. The van der Waals surface area contributed by atoms with Crippen molar-refractivity contribution >= 4 is 29.0 Å². The zero-order valence-electron chi connectivity index (χ0n) is 18.1. The molecule has 0 radical (unpaired) electrons. The van der Waals surface area contributed by atoms with Crippen LogP contribution in [0, 0.1) is 5.82 Å². The number of furan rings is 1. The molecule has 0 unspecified atom stereocenters. The number of pyridine rings is 1. The maximum Gasteiger partial charge on any atom is 0.337 e. The first kappa shape index (κ1) is 21.8. The van der Waals surface area contributed by atoms with Crippen LogP contribution in [0.2, 0.25) is 0 Å². The van der Waals surface area contributed by atoms with Gasteiger partial charge in [0, 0.05) is 11.8 Å². The van der Waals surface area contributed by atoms with Gasteiger partial charge in [-0.2, -0.15) is 0 Å². The van der Waals surface area contributed by atoms with Crippen LogP contribution in [0.4, 0.5) is 10.1 Å².